The molecule has 0 saturated heterocycles. The van der Waals surface area contributed by atoms with Gasteiger partial charge in [-0.25, -0.2) is 4.79 Å². The number of amides is 3. The summed E-state index contributed by atoms with van der Waals surface area (Å²) in [5, 5.41) is 5.71. The summed E-state index contributed by atoms with van der Waals surface area (Å²) in [6.07, 6.45) is 0.860. The molecule has 0 aliphatic rings. The summed E-state index contributed by atoms with van der Waals surface area (Å²) in [5.74, 6) is -0.206. The average molecular weight is 284 g/mol. The third kappa shape index (κ3) is 4.44. The molecule has 104 valence electrons. The van der Waals surface area contributed by atoms with Gasteiger partial charge in [0.2, 0.25) is 0 Å². The highest BCUT2D eigenvalue weighted by molar-refractivity contribution is 6.34. The van der Waals surface area contributed by atoms with Crippen LogP contribution < -0.4 is 10.6 Å². The maximum atomic E-state index is 11.9. The van der Waals surface area contributed by atoms with Crippen LogP contribution in [0.1, 0.15) is 23.7 Å². The van der Waals surface area contributed by atoms with E-state index in [1.807, 2.05) is 6.92 Å². The molecule has 0 fully saturated rings. The molecule has 0 atom stereocenters. The first-order chi connectivity index (χ1) is 8.95. The van der Waals surface area contributed by atoms with Gasteiger partial charge in [-0.15, -0.1) is 0 Å². The number of benzene rings is 1. The van der Waals surface area contributed by atoms with E-state index < -0.39 is 0 Å². The Bertz CT molecular complexity index is 475. The molecule has 1 aromatic carbocycles. The Morgan fingerprint density at radius 1 is 1.32 bits per heavy atom. The van der Waals surface area contributed by atoms with Gasteiger partial charge in [0.15, 0.2) is 0 Å². The van der Waals surface area contributed by atoms with E-state index in [0.29, 0.717) is 22.8 Å². The number of hydrogen-bond donors (Lipinski definition) is 2. The number of carbonyl (C=O) groups excluding carboxylic acids is 2. The first kappa shape index (κ1) is 15.3. The van der Waals surface area contributed by atoms with Gasteiger partial charge in [-0.2, -0.15) is 0 Å². The van der Waals surface area contributed by atoms with Gasteiger partial charge in [0.1, 0.15) is 0 Å². The van der Waals surface area contributed by atoms with Crippen LogP contribution >= 0.6 is 11.6 Å². The van der Waals surface area contributed by atoms with Crippen LogP contribution in [0.25, 0.3) is 0 Å². The molecule has 1 rings (SSSR count). The summed E-state index contributed by atoms with van der Waals surface area (Å²) >= 11 is 5.98. The van der Waals surface area contributed by atoms with Gasteiger partial charge in [-0.1, -0.05) is 18.5 Å². The van der Waals surface area contributed by atoms with Crippen molar-refractivity contribution in [1.29, 1.82) is 0 Å². The van der Waals surface area contributed by atoms with Crippen LogP contribution in [0.2, 0.25) is 5.02 Å². The Kier molecular flexibility index (Phi) is 5.63. The highest BCUT2D eigenvalue weighted by atomic mass is 35.5. The van der Waals surface area contributed by atoms with Crippen LogP contribution in [0.5, 0.6) is 0 Å². The van der Waals surface area contributed by atoms with E-state index in [0.717, 1.165) is 6.42 Å². The predicted molar refractivity (Wildman–Crippen MR) is 76.8 cm³/mol. The van der Waals surface area contributed by atoms with Crippen molar-refractivity contribution >= 4 is 29.2 Å². The zero-order valence-corrected chi connectivity index (χ0v) is 12.0. The number of halogens is 1. The summed E-state index contributed by atoms with van der Waals surface area (Å²) in [6.45, 7) is 2.57. The minimum Gasteiger partial charge on any atom is -0.345 e. The molecule has 0 aliphatic heterocycles. The average Bonchev–Trinajstić information content (AvgIpc) is 2.37. The maximum Gasteiger partial charge on any atom is 0.319 e. The molecular weight excluding hydrogens is 266 g/mol. The molecule has 0 radical (unpaired) electrons. The highest BCUT2D eigenvalue weighted by Gasteiger charge is 2.13. The fourth-order valence-corrected chi connectivity index (χ4v) is 1.62. The third-order valence-corrected chi connectivity index (χ3v) is 2.73. The molecule has 0 unspecified atom stereocenters. The minimum absolute atomic E-state index is 0.206. The van der Waals surface area contributed by atoms with Crippen molar-refractivity contribution in [1.82, 2.24) is 10.2 Å². The Morgan fingerprint density at radius 2 is 2.00 bits per heavy atom. The second-order valence-electron chi connectivity index (χ2n) is 4.28. The fourth-order valence-electron chi connectivity index (χ4n) is 1.42. The van der Waals surface area contributed by atoms with Crippen molar-refractivity contribution in [2.75, 3.05) is 26.0 Å². The zero-order chi connectivity index (χ0) is 14.4. The largest absolute Gasteiger partial charge is 0.345 e. The van der Waals surface area contributed by atoms with Crippen molar-refractivity contribution in [3.63, 3.8) is 0 Å². The van der Waals surface area contributed by atoms with Crippen molar-refractivity contribution in [2.45, 2.75) is 13.3 Å². The number of nitrogens with zero attached hydrogens (tertiary/aromatic N) is 1. The van der Waals surface area contributed by atoms with E-state index in [1.54, 1.807) is 32.3 Å². The quantitative estimate of drug-likeness (QED) is 0.892. The van der Waals surface area contributed by atoms with E-state index in [2.05, 4.69) is 10.6 Å². The van der Waals surface area contributed by atoms with Crippen molar-refractivity contribution in [3.8, 4) is 0 Å². The molecule has 3 amide bonds. The Balaban J connectivity index is 2.84. The lowest BCUT2D eigenvalue weighted by Crippen LogP contribution is -2.29. The number of nitrogens with one attached hydrogen (secondary N) is 2. The summed E-state index contributed by atoms with van der Waals surface area (Å²) in [5.41, 5.74) is 0.892. The monoisotopic (exact) mass is 283 g/mol. The van der Waals surface area contributed by atoms with Crippen molar-refractivity contribution in [3.05, 3.63) is 28.8 Å². The molecule has 0 spiro atoms. The molecule has 0 bridgehead atoms. The SMILES string of the molecule is CCCNC(=O)Nc1ccc(Cl)c(C(=O)N(C)C)c1. The molecular formula is C13H18ClN3O2. The van der Waals surface area contributed by atoms with Gasteiger partial charge in [0, 0.05) is 26.3 Å². The number of anilines is 1. The maximum absolute atomic E-state index is 11.9. The smallest absolute Gasteiger partial charge is 0.319 e. The van der Waals surface area contributed by atoms with Gasteiger partial charge in [-0.05, 0) is 24.6 Å². The standard InChI is InChI=1S/C13H18ClN3O2/c1-4-7-15-13(19)16-9-5-6-11(14)10(8-9)12(18)17(2)3/h5-6,8H,4,7H2,1-3H3,(H2,15,16,19). The van der Waals surface area contributed by atoms with E-state index in [4.69, 9.17) is 11.6 Å². The van der Waals surface area contributed by atoms with E-state index >= 15 is 0 Å². The van der Waals surface area contributed by atoms with Crippen LogP contribution in [0.3, 0.4) is 0 Å². The number of hydrogen-bond acceptors (Lipinski definition) is 2. The van der Waals surface area contributed by atoms with Crippen LogP contribution in [0.15, 0.2) is 18.2 Å². The molecule has 19 heavy (non-hydrogen) atoms. The number of carbonyl (C=O) groups is 2. The highest BCUT2D eigenvalue weighted by Crippen LogP contribution is 2.21. The lowest BCUT2D eigenvalue weighted by Gasteiger charge is -2.13. The van der Waals surface area contributed by atoms with Crippen LogP contribution in [-0.4, -0.2) is 37.5 Å². The lowest BCUT2D eigenvalue weighted by atomic mass is 10.2. The first-order valence-corrected chi connectivity index (χ1v) is 6.39. The molecule has 5 nitrogen and oxygen atoms in total. The van der Waals surface area contributed by atoms with Crippen LogP contribution in [0, 0.1) is 0 Å². The molecule has 1 aromatic rings. The number of rotatable bonds is 4. The Morgan fingerprint density at radius 3 is 2.58 bits per heavy atom. The van der Waals surface area contributed by atoms with E-state index in [-0.39, 0.29) is 11.9 Å². The molecule has 6 heteroatoms. The van der Waals surface area contributed by atoms with Gasteiger partial charge in [-0.3, -0.25) is 4.79 Å². The summed E-state index contributed by atoms with van der Waals surface area (Å²) in [4.78, 5) is 24.8. The Hall–Kier alpha value is -1.75. The predicted octanol–water partition coefficient (Wildman–Crippen LogP) is 2.57. The van der Waals surface area contributed by atoms with Gasteiger partial charge in [0.25, 0.3) is 5.91 Å². The summed E-state index contributed by atoms with van der Waals surface area (Å²) in [6, 6.07) is 4.51. The van der Waals surface area contributed by atoms with Crippen LogP contribution in [0.4, 0.5) is 10.5 Å². The minimum atomic E-state index is -0.299. The van der Waals surface area contributed by atoms with Crippen molar-refractivity contribution in [2.24, 2.45) is 0 Å². The lowest BCUT2D eigenvalue weighted by molar-refractivity contribution is 0.0828. The van der Waals surface area contributed by atoms with Crippen LogP contribution in [-0.2, 0) is 0 Å². The molecule has 0 aromatic heterocycles. The third-order valence-electron chi connectivity index (χ3n) is 2.40. The van der Waals surface area contributed by atoms with Gasteiger partial charge >= 0.3 is 6.03 Å². The topological polar surface area (TPSA) is 61.4 Å². The molecule has 2 N–H and O–H groups in total. The second-order valence-corrected chi connectivity index (χ2v) is 4.68. The summed E-state index contributed by atoms with van der Waals surface area (Å²) in [7, 11) is 3.29. The Labute approximate surface area is 117 Å². The second kappa shape index (κ2) is 6.99. The van der Waals surface area contributed by atoms with Crippen molar-refractivity contribution < 1.29 is 9.59 Å². The first-order valence-electron chi connectivity index (χ1n) is 6.01. The van der Waals surface area contributed by atoms with E-state index in [9.17, 15) is 9.59 Å². The summed E-state index contributed by atoms with van der Waals surface area (Å²) < 4.78 is 0. The zero-order valence-electron chi connectivity index (χ0n) is 11.3. The fraction of sp³-hybridized carbons (Fsp3) is 0.385. The van der Waals surface area contributed by atoms with E-state index in [1.165, 1.54) is 4.90 Å². The number of urea groups is 1. The molecule has 0 heterocycles. The normalized spacial score (nSPS) is 9.89. The van der Waals surface area contributed by atoms with Gasteiger partial charge < -0.3 is 15.5 Å². The molecule has 0 aliphatic carbocycles. The molecule has 0 saturated carbocycles. The van der Waals surface area contributed by atoms with Gasteiger partial charge in [0.05, 0.1) is 10.6 Å².